The Labute approximate surface area is 153 Å². The van der Waals surface area contributed by atoms with Gasteiger partial charge in [0.25, 0.3) is 0 Å². The monoisotopic (exact) mass is 346 g/mol. The number of pyridine rings is 1. The molecule has 0 saturated heterocycles. The molecule has 5 nitrogen and oxygen atoms in total. The zero-order valence-electron chi connectivity index (χ0n) is 15.2. The standard InChI is InChI=1S/C21H22N4O/c1-15-13-16(2)25(24-15)20-9-7-19(8-10-20)17(3)23-21(26)11-6-18-5-4-12-22-14-18/h4-14,17H,1-3H3,(H,23,26)/b11-6-/t17-/m1/s1. The van der Waals surface area contributed by atoms with E-state index in [1.54, 1.807) is 18.5 Å². The smallest absolute Gasteiger partial charge is 0.244 e. The molecule has 2 aromatic heterocycles. The molecule has 3 rings (SSSR count). The fraction of sp³-hybridized carbons (Fsp3) is 0.190. The normalized spacial score (nSPS) is 12.3. The van der Waals surface area contributed by atoms with Gasteiger partial charge in [-0.15, -0.1) is 0 Å². The molecule has 0 spiro atoms. The quantitative estimate of drug-likeness (QED) is 0.715. The van der Waals surface area contributed by atoms with Crippen molar-refractivity contribution < 1.29 is 4.79 Å². The number of hydrogen-bond donors (Lipinski definition) is 1. The van der Waals surface area contributed by atoms with E-state index in [0.29, 0.717) is 0 Å². The van der Waals surface area contributed by atoms with Crippen LogP contribution in [0.1, 0.15) is 35.5 Å². The minimum atomic E-state index is -0.135. The summed E-state index contributed by atoms with van der Waals surface area (Å²) in [6.07, 6.45) is 6.69. The first-order valence-corrected chi connectivity index (χ1v) is 8.55. The summed E-state index contributed by atoms with van der Waals surface area (Å²) in [6, 6.07) is 13.8. The van der Waals surface area contributed by atoms with Crippen LogP contribution in [-0.4, -0.2) is 20.7 Å². The lowest BCUT2D eigenvalue weighted by Crippen LogP contribution is -2.24. The van der Waals surface area contributed by atoms with Crippen LogP contribution in [0.4, 0.5) is 0 Å². The van der Waals surface area contributed by atoms with E-state index < -0.39 is 0 Å². The number of aryl methyl sites for hydroxylation is 2. The van der Waals surface area contributed by atoms with E-state index in [1.807, 2.05) is 67.9 Å². The summed E-state index contributed by atoms with van der Waals surface area (Å²) in [6.45, 7) is 5.98. The molecule has 5 heteroatoms. The summed E-state index contributed by atoms with van der Waals surface area (Å²) >= 11 is 0. The zero-order valence-corrected chi connectivity index (χ0v) is 15.2. The molecule has 0 unspecified atom stereocenters. The lowest BCUT2D eigenvalue weighted by Gasteiger charge is -2.14. The average molecular weight is 346 g/mol. The molecular weight excluding hydrogens is 324 g/mol. The number of nitrogens with one attached hydrogen (secondary N) is 1. The van der Waals surface area contributed by atoms with Gasteiger partial charge in [0.1, 0.15) is 0 Å². The molecule has 0 aliphatic heterocycles. The Hall–Kier alpha value is -3.21. The lowest BCUT2D eigenvalue weighted by atomic mass is 10.1. The Balaban J connectivity index is 1.64. The molecule has 0 fully saturated rings. The third kappa shape index (κ3) is 4.25. The highest BCUT2D eigenvalue weighted by atomic mass is 16.1. The number of carbonyl (C=O) groups is 1. The Kier molecular flexibility index (Phi) is 5.27. The van der Waals surface area contributed by atoms with Crippen LogP contribution >= 0.6 is 0 Å². The van der Waals surface area contributed by atoms with Crippen molar-refractivity contribution in [3.05, 3.63) is 83.4 Å². The lowest BCUT2D eigenvalue weighted by molar-refractivity contribution is -0.117. The van der Waals surface area contributed by atoms with Gasteiger partial charge >= 0.3 is 0 Å². The first kappa shape index (κ1) is 17.6. The topological polar surface area (TPSA) is 59.8 Å². The molecule has 0 aliphatic carbocycles. The second-order valence-electron chi connectivity index (χ2n) is 6.28. The van der Waals surface area contributed by atoms with Crippen LogP contribution in [0.2, 0.25) is 0 Å². The van der Waals surface area contributed by atoms with Crippen molar-refractivity contribution in [1.29, 1.82) is 0 Å². The maximum atomic E-state index is 12.1. The fourth-order valence-corrected chi connectivity index (χ4v) is 2.79. The SMILES string of the molecule is Cc1cc(C)n(-c2ccc([C@@H](C)NC(=O)/C=C\c3cccnc3)cc2)n1. The molecule has 26 heavy (non-hydrogen) atoms. The van der Waals surface area contributed by atoms with Crippen molar-refractivity contribution >= 4 is 12.0 Å². The molecule has 1 aromatic carbocycles. The number of carbonyl (C=O) groups excluding carboxylic acids is 1. The van der Waals surface area contributed by atoms with Crippen LogP contribution in [0.5, 0.6) is 0 Å². The van der Waals surface area contributed by atoms with Gasteiger partial charge in [0, 0.05) is 24.2 Å². The molecule has 3 aromatic rings. The molecule has 2 heterocycles. The fourth-order valence-electron chi connectivity index (χ4n) is 2.79. The third-order valence-corrected chi connectivity index (χ3v) is 4.12. The average Bonchev–Trinajstić information content (AvgIpc) is 2.99. The van der Waals surface area contributed by atoms with Crippen molar-refractivity contribution in [3.63, 3.8) is 0 Å². The van der Waals surface area contributed by atoms with Gasteiger partial charge in [0.15, 0.2) is 0 Å². The van der Waals surface area contributed by atoms with E-state index in [4.69, 9.17) is 0 Å². The molecule has 1 amide bonds. The van der Waals surface area contributed by atoms with Gasteiger partial charge in [-0.1, -0.05) is 18.2 Å². The van der Waals surface area contributed by atoms with E-state index in [0.717, 1.165) is 28.2 Å². The van der Waals surface area contributed by atoms with Crippen LogP contribution in [0.15, 0.2) is 60.9 Å². The molecule has 0 aliphatic rings. The van der Waals surface area contributed by atoms with Crippen LogP contribution < -0.4 is 5.32 Å². The van der Waals surface area contributed by atoms with Crippen LogP contribution in [-0.2, 0) is 4.79 Å². The summed E-state index contributed by atoms with van der Waals surface area (Å²) in [5, 5.41) is 7.46. The molecule has 0 bridgehead atoms. The molecule has 0 saturated carbocycles. The maximum Gasteiger partial charge on any atom is 0.244 e. The minimum Gasteiger partial charge on any atom is -0.346 e. The summed E-state index contributed by atoms with van der Waals surface area (Å²) < 4.78 is 1.92. The minimum absolute atomic E-state index is 0.0875. The highest BCUT2D eigenvalue weighted by Gasteiger charge is 2.09. The number of benzene rings is 1. The Morgan fingerprint density at radius 3 is 2.58 bits per heavy atom. The maximum absolute atomic E-state index is 12.1. The van der Waals surface area contributed by atoms with Gasteiger partial charge in [-0.05, 0) is 62.2 Å². The molecule has 0 radical (unpaired) electrons. The van der Waals surface area contributed by atoms with Gasteiger partial charge in [-0.3, -0.25) is 9.78 Å². The molecule has 1 atom stereocenters. The van der Waals surface area contributed by atoms with Gasteiger partial charge in [-0.25, -0.2) is 4.68 Å². The summed E-state index contributed by atoms with van der Waals surface area (Å²) in [7, 11) is 0. The third-order valence-electron chi connectivity index (χ3n) is 4.12. The summed E-state index contributed by atoms with van der Waals surface area (Å²) in [5.41, 5.74) is 5.03. The predicted molar refractivity (Wildman–Crippen MR) is 103 cm³/mol. The highest BCUT2D eigenvalue weighted by Crippen LogP contribution is 2.17. The largest absolute Gasteiger partial charge is 0.346 e. The van der Waals surface area contributed by atoms with E-state index in [2.05, 4.69) is 15.4 Å². The van der Waals surface area contributed by atoms with Gasteiger partial charge < -0.3 is 5.32 Å². The molecule has 1 N–H and O–H groups in total. The van der Waals surface area contributed by atoms with Crippen LogP contribution in [0, 0.1) is 13.8 Å². The van der Waals surface area contributed by atoms with E-state index >= 15 is 0 Å². The van der Waals surface area contributed by atoms with Crippen molar-refractivity contribution in [3.8, 4) is 5.69 Å². The van der Waals surface area contributed by atoms with Gasteiger partial charge in [-0.2, -0.15) is 5.10 Å². The van der Waals surface area contributed by atoms with Crippen molar-refractivity contribution in [2.75, 3.05) is 0 Å². The molecular formula is C21H22N4O. The van der Waals surface area contributed by atoms with Gasteiger partial charge in [0.05, 0.1) is 17.4 Å². The van der Waals surface area contributed by atoms with Gasteiger partial charge in [0.2, 0.25) is 5.91 Å². The van der Waals surface area contributed by atoms with Crippen molar-refractivity contribution in [2.45, 2.75) is 26.8 Å². The summed E-state index contributed by atoms with van der Waals surface area (Å²) in [4.78, 5) is 16.1. The number of amides is 1. The number of nitrogens with zero attached hydrogens (tertiary/aromatic N) is 3. The molecule has 132 valence electrons. The van der Waals surface area contributed by atoms with E-state index in [1.165, 1.54) is 6.08 Å². The second-order valence-corrected chi connectivity index (χ2v) is 6.28. The van der Waals surface area contributed by atoms with Crippen molar-refractivity contribution in [2.24, 2.45) is 0 Å². The second kappa shape index (κ2) is 7.78. The number of hydrogen-bond acceptors (Lipinski definition) is 3. The van der Waals surface area contributed by atoms with E-state index in [-0.39, 0.29) is 11.9 Å². The van der Waals surface area contributed by atoms with E-state index in [9.17, 15) is 4.79 Å². The highest BCUT2D eigenvalue weighted by molar-refractivity contribution is 5.91. The Morgan fingerprint density at radius 2 is 1.96 bits per heavy atom. The predicted octanol–water partition coefficient (Wildman–Crippen LogP) is 3.77. The van der Waals surface area contributed by atoms with Crippen molar-refractivity contribution in [1.82, 2.24) is 20.1 Å². The van der Waals surface area contributed by atoms with Crippen LogP contribution in [0.25, 0.3) is 11.8 Å². The first-order chi connectivity index (χ1) is 12.5. The summed E-state index contributed by atoms with van der Waals surface area (Å²) in [5.74, 6) is -0.135. The zero-order chi connectivity index (χ0) is 18.5. The Morgan fingerprint density at radius 1 is 1.19 bits per heavy atom. The van der Waals surface area contributed by atoms with Crippen LogP contribution in [0.3, 0.4) is 0 Å². The Bertz CT molecular complexity index is 911. The first-order valence-electron chi connectivity index (χ1n) is 8.55. The number of aromatic nitrogens is 3. The number of rotatable bonds is 5.